The molecule has 0 spiro atoms. The van der Waals surface area contributed by atoms with Crippen molar-refractivity contribution in [3.05, 3.63) is 0 Å². The summed E-state index contributed by atoms with van der Waals surface area (Å²) in [5, 5.41) is 0. The molecule has 0 amide bonds. The van der Waals surface area contributed by atoms with Gasteiger partial charge in [-0.25, -0.2) is 4.57 Å². The topological polar surface area (TPSA) is 77.8 Å². The largest absolute Gasteiger partial charge is 0 e. The first-order chi connectivity index (χ1) is 2.00. The van der Waals surface area contributed by atoms with Crippen LogP contribution in [0.2, 0.25) is 0 Å². The Bertz CT molecular complexity index is 55.8. The van der Waals surface area contributed by atoms with Gasteiger partial charge < -0.3 is 14.7 Å². The van der Waals surface area contributed by atoms with E-state index in [1.807, 2.05) is 0 Å². The molecule has 39 valence electrons. The summed E-state index contributed by atoms with van der Waals surface area (Å²) in [6, 6.07) is 0. The minimum absolute atomic E-state index is 0. The zero-order chi connectivity index (χ0) is 4.50. The van der Waals surface area contributed by atoms with Crippen molar-refractivity contribution in [2.75, 3.05) is 0 Å². The zero-order valence-corrected chi connectivity index (χ0v) is 4.43. The second-order valence-electron chi connectivity index (χ2n) is 0.513. The van der Waals surface area contributed by atoms with Gasteiger partial charge in [-0.3, -0.25) is 0 Å². The molecule has 0 aromatic rings. The third-order valence-electron chi connectivity index (χ3n) is 0. The van der Waals surface area contributed by atoms with Gasteiger partial charge in [0.25, 0.3) is 0 Å². The molecule has 0 saturated heterocycles. The molecule has 0 aliphatic heterocycles. The van der Waals surface area contributed by atoms with E-state index in [1.165, 1.54) is 0 Å². The van der Waals surface area contributed by atoms with Crippen molar-refractivity contribution >= 4 is 69.1 Å². The van der Waals surface area contributed by atoms with Crippen LogP contribution in [0.4, 0.5) is 0 Å². The molecule has 7 heteroatoms. The van der Waals surface area contributed by atoms with Gasteiger partial charge in [0, 0.05) is 9.90 Å². The molecule has 7 heavy (non-hydrogen) atoms. The molecule has 0 rings (SSSR count). The standard InChI is InChI=1S/K.H3O4P.P.H/c;1-5(2,3)4;;/h;(H3,1,2,3,4);;. The van der Waals surface area contributed by atoms with Crippen LogP contribution in [-0.4, -0.2) is 66.1 Å². The van der Waals surface area contributed by atoms with Crippen LogP contribution >= 0.6 is 17.7 Å². The van der Waals surface area contributed by atoms with Crippen LogP contribution in [0.15, 0.2) is 0 Å². The molecular weight excluding hydrogens is 165 g/mol. The fourth-order valence-corrected chi connectivity index (χ4v) is 0. The quantitative estimate of drug-likeness (QED) is 0.330. The van der Waals surface area contributed by atoms with Crippen LogP contribution in [0.5, 0.6) is 0 Å². The maximum absolute atomic E-state index is 8.88. The molecule has 0 heterocycles. The predicted octanol–water partition coefficient (Wildman–Crippen LogP) is -0.716. The third-order valence-corrected chi connectivity index (χ3v) is 0. The first-order valence-corrected chi connectivity index (χ1v) is 2.35. The summed E-state index contributed by atoms with van der Waals surface area (Å²) in [6.45, 7) is 0. The Labute approximate surface area is 87.0 Å². The molecule has 0 saturated carbocycles. The van der Waals surface area contributed by atoms with Crippen LogP contribution in [-0.2, 0) is 4.57 Å². The molecule has 0 atom stereocenters. The van der Waals surface area contributed by atoms with Gasteiger partial charge in [-0.05, 0) is 0 Å². The predicted molar refractivity (Wildman–Crippen MR) is 28.3 cm³/mol. The molecule has 3 radical (unpaired) electrons. The second-order valence-corrected chi connectivity index (χ2v) is 1.54. The smallest absolute Gasteiger partial charge is 0 e. The van der Waals surface area contributed by atoms with Crippen molar-refractivity contribution in [1.29, 1.82) is 0 Å². The first-order valence-electron chi connectivity index (χ1n) is 0.783. The van der Waals surface area contributed by atoms with Gasteiger partial charge in [0.15, 0.2) is 0 Å². The number of rotatable bonds is 0. The van der Waals surface area contributed by atoms with Gasteiger partial charge in [0.1, 0.15) is 0 Å². The minimum Gasteiger partial charge on any atom is 0 e. The van der Waals surface area contributed by atoms with Crippen LogP contribution in [0.1, 0.15) is 0 Å². The summed E-state index contributed by atoms with van der Waals surface area (Å²) in [4.78, 5) is 21.6. The van der Waals surface area contributed by atoms with Crippen LogP contribution in [0.3, 0.4) is 0 Å². The third kappa shape index (κ3) is 65.9. The second kappa shape index (κ2) is 6.30. The van der Waals surface area contributed by atoms with Crippen LogP contribution in [0.25, 0.3) is 0 Å². The van der Waals surface area contributed by atoms with E-state index in [0.29, 0.717) is 0 Å². The van der Waals surface area contributed by atoms with Gasteiger partial charge in [0.05, 0.1) is 0 Å². The molecule has 0 aliphatic carbocycles. The summed E-state index contributed by atoms with van der Waals surface area (Å²) in [5.41, 5.74) is 0. The van der Waals surface area contributed by atoms with Crippen molar-refractivity contribution in [2.45, 2.75) is 0 Å². The molecule has 3 N–H and O–H groups in total. The normalized spacial score (nSPS) is 8.43. The molecule has 4 nitrogen and oxygen atoms in total. The van der Waals surface area contributed by atoms with Crippen molar-refractivity contribution in [1.82, 2.24) is 0 Å². The SMILES string of the molecule is O=P(O)(O)O.[KH].[P]. The number of hydrogen-bond acceptors (Lipinski definition) is 1. The first kappa shape index (κ1) is 16.1. The Morgan fingerprint density at radius 2 is 1.14 bits per heavy atom. The summed E-state index contributed by atoms with van der Waals surface area (Å²) in [6.07, 6.45) is 0. The molecule has 0 aromatic carbocycles. The van der Waals surface area contributed by atoms with Gasteiger partial charge in [0.2, 0.25) is 0 Å². The number of phosphoric acid groups is 1. The van der Waals surface area contributed by atoms with Crippen molar-refractivity contribution < 1.29 is 19.2 Å². The summed E-state index contributed by atoms with van der Waals surface area (Å²) in [5.74, 6) is 0. The van der Waals surface area contributed by atoms with Gasteiger partial charge in [-0.2, -0.15) is 0 Å². The molecule has 0 aromatic heterocycles. The zero-order valence-electron chi connectivity index (χ0n) is 2.64. The van der Waals surface area contributed by atoms with Gasteiger partial charge >= 0.3 is 59.2 Å². The van der Waals surface area contributed by atoms with Crippen molar-refractivity contribution in [3.8, 4) is 0 Å². The summed E-state index contributed by atoms with van der Waals surface area (Å²) >= 11 is 0. The average Bonchev–Trinajstić information content (AvgIpc) is 0.722. The molecular formula is H4KO4P2. The van der Waals surface area contributed by atoms with Crippen molar-refractivity contribution in [3.63, 3.8) is 0 Å². The maximum Gasteiger partial charge on any atom is 0 e. The van der Waals surface area contributed by atoms with E-state index in [9.17, 15) is 0 Å². The van der Waals surface area contributed by atoms with E-state index in [-0.39, 0.29) is 61.3 Å². The Morgan fingerprint density at radius 3 is 1.14 bits per heavy atom. The minimum atomic E-state index is -4.64. The Balaban J connectivity index is -0.0000000800. The Morgan fingerprint density at radius 1 is 1.14 bits per heavy atom. The molecule has 0 fully saturated rings. The molecule has 0 aliphatic rings. The van der Waals surface area contributed by atoms with E-state index in [2.05, 4.69) is 0 Å². The summed E-state index contributed by atoms with van der Waals surface area (Å²) in [7, 11) is -4.64. The fraction of sp³-hybridized carbons (Fsp3) is 0. The van der Waals surface area contributed by atoms with E-state index < -0.39 is 7.82 Å². The summed E-state index contributed by atoms with van der Waals surface area (Å²) < 4.78 is 8.88. The van der Waals surface area contributed by atoms with E-state index in [1.54, 1.807) is 0 Å². The van der Waals surface area contributed by atoms with E-state index in [4.69, 9.17) is 19.2 Å². The Hall–Kier alpha value is 2.18. The maximum atomic E-state index is 8.88. The van der Waals surface area contributed by atoms with Crippen LogP contribution < -0.4 is 0 Å². The Kier molecular flexibility index (Phi) is 14.5. The van der Waals surface area contributed by atoms with E-state index in [0.717, 1.165) is 0 Å². The van der Waals surface area contributed by atoms with E-state index >= 15 is 0 Å². The molecule has 0 bridgehead atoms. The number of hydrogen-bond donors (Lipinski definition) is 3. The van der Waals surface area contributed by atoms with Crippen LogP contribution in [0, 0.1) is 0 Å². The van der Waals surface area contributed by atoms with Gasteiger partial charge in [-0.1, -0.05) is 0 Å². The van der Waals surface area contributed by atoms with Crippen molar-refractivity contribution in [2.24, 2.45) is 0 Å². The monoisotopic (exact) mass is 169 g/mol. The fourth-order valence-electron chi connectivity index (χ4n) is 0. The average molecular weight is 169 g/mol. The van der Waals surface area contributed by atoms with Gasteiger partial charge in [-0.15, -0.1) is 0 Å². The molecule has 0 unspecified atom stereocenters.